The van der Waals surface area contributed by atoms with Crippen LogP contribution in [0, 0.1) is 10.2 Å². The lowest BCUT2D eigenvalue weighted by Crippen LogP contribution is -2.72. The van der Waals surface area contributed by atoms with Gasteiger partial charge in [-0.3, -0.25) is 5.32 Å². The second-order valence-corrected chi connectivity index (χ2v) is 8.66. The van der Waals surface area contributed by atoms with E-state index in [1.54, 1.807) is 0 Å². The number of rotatable bonds is 10. The summed E-state index contributed by atoms with van der Waals surface area (Å²) in [5.74, 6) is 1.93. The molecule has 0 radical (unpaired) electrons. The van der Waals surface area contributed by atoms with Gasteiger partial charge in [-0.15, -0.1) is 10.2 Å². The van der Waals surface area contributed by atoms with Crippen LogP contribution >= 0.6 is 0 Å². The molecule has 33 heavy (non-hydrogen) atoms. The van der Waals surface area contributed by atoms with Gasteiger partial charge < -0.3 is 14.5 Å². The van der Waals surface area contributed by atoms with Crippen molar-refractivity contribution in [1.82, 2.24) is 0 Å². The molecule has 1 aliphatic heterocycles. The summed E-state index contributed by atoms with van der Waals surface area (Å²) in [7, 11) is -4.94. The van der Waals surface area contributed by atoms with Crippen LogP contribution in [-0.2, 0) is 0 Å². The minimum atomic E-state index is -4.94. The molecule has 0 aromatic heterocycles. The van der Waals surface area contributed by atoms with E-state index in [2.05, 4.69) is 79.2 Å². The predicted octanol–water partition coefficient (Wildman–Crippen LogP) is 0.816. The van der Waals surface area contributed by atoms with Crippen LogP contribution in [-0.4, -0.2) is 26.2 Å². The fraction of sp³-hybridized carbons (Fsp3) is 0.500. The molecule has 3 rings (SSSR count). The summed E-state index contributed by atoms with van der Waals surface area (Å²) in [4.78, 5) is 4.90. The van der Waals surface area contributed by atoms with Gasteiger partial charge in [-0.1, -0.05) is 32.8 Å². The summed E-state index contributed by atoms with van der Waals surface area (Å²) in [6.07, 6.45) is 4.87. The van der Waals surface area contributed by atoms with Crippen LogP contribution in [0.2, 0.25) is 0 Å². The van der Waals surface area contributed by atoms with Crippen LogP contribution in [0.5, 0.6) is 11.5 Å². The number of quaternary nitrogens is 1. The number of halogens is 1. The van der Waals surface area contributed by atoms with E-state index in [1.807, 2.05) is 0 Å². The third kappa shape index (κ3) is 8.33. The second kappa shape index (κ2) is 13.0. The first-order valence-electron chi connectivity index (χ1n) is 11.6. The molecule has 2 aromatic carbocycles. The molecular formula is C24H36ClN3O5. The molecular weight excluding hydrogens is 446 g/mol. The molecule has 0 bridgehead atoms. The van der Waals surface area contributed by atoms with E-state index in [0.29, 0.717) is 0 Å². The number of ether oxygens (including phenoxy) is 1. The quantitative estimate of drug-likeness (QED) is 0.425. The maximum atomic E-state index is 8.49. The minimum absolute atomic E-state index is 0.961. The van der Waals surface area contributed by atoms with Crippen molar-refractivity contribution >= 4 is 22.7 Å². The first-order chi connectivity index (χ1) is 15.7. The zero-order valence-corrected chi connectivity index (χ0v) is 20.8. The van der Waals surface area contributed by atoms with Gasteiger partial charge >= 0.3 is 0 Å². The summed E-state index contributed by atoms with van der Waals surface area (Å²) in [6.45, 7) is 13.1. The average Bonchev–Trinajstić information content (AvgIpc) is 2.77. The molecule has 0 fully saturated rings. The molecule has 0 saturated carbocycles. The number of hydrogen-bond acceptors (Lipinski definition) is 7. The van der Waals surface area contributed by atoms with E-state index >= 15 is 0 Å². The Balaban J connectivity index is 0.000000696. The van der Waals surface area contributed by atoms with Crippen molar-refractivity contribution in [3.63, 3.8) is 0 Å². The molecule has 8 nitrogen and oxygen atoms in total. The minimum Gasteiger partial charge on any atom is -0.445 e. The Morgan fingerprint density at radius 1 is 0.818 bits per heavy atom. The predicted molar refractivity (Wildman–Crippen MR) is 120 cm³/mol. The molecule has 2 aromatic rings. The van der Waals surface area contributed by atoms with E-state index in [9.17, 15) is 0 Å². The van der Waals surface area contributed by atoms with Gasteiger partial charge in [-0.2, -0.15) is 0 Å². The Bertz CT molecular complexity index is 858. The summed E-state index contributed by atoms with van der Waals surface area (Å²) >= 11 is 0. The Kier molecular flexibility index (Phi) is 10.7. The van der Waals surface area contributed by atoms with Crippen LogP contribution in [0.15, 0.2) is 36.4 Å². The number of nitrogens with two attached hydrogens (primary N) is 1. The van der Waals surface area contributed by atoms with Gasteiger partial charge in [-0.05, 0) is 44.9 Å². The maximum Gasteiger partial charge on any atom is 0.201 e. The molecule has 0 unspecified atom stereocenters. The first-order valence-corrected chi connectivity index (χ1v) is 12.9. The highest BCUT2D eigenvalue weighted by molar-refractivity contribution is 5.74. The van der Waals surface area contributed by atoms with E-state index in [0.717, 1.165) is 37.7 Å². The fourth-order valence-electron chi connectivity index (χ4n) is 3.88. The monoisotopic (exact) mass is 481 g/mol. The van der Waals surface area contributed by atoms with Crippen molar-refractivity contribution in [3.8, 4) is 11.5 Å². The van der Waals surface area contributed by atoms with Gasteiger partial charge in [0.05, 0.1) is 0 Å². The van der Waals surface area contributed by atoms with Crippen molar-refractivity contribution < 1.29 is 38.9 Å². The number of benzene rings is 2. The van der Waals surface area contributed by atoms with Gasteiger partial charge in [0.1, 0.15) is 5.69 Å². The topological polar surface area (TPSA) is 125 Å². The normalized spacial score (nSPS) is 12.1. The Morgan fingerprint density at radius 3 is 1.97 bits per heavy atom. The third-order valence-electron chi connectivity index (χ3n) is 5.59. The molecule has 0 atom stereocenters. The van der Waals surface area contributed by atoms with Gasteiger partial charge in [0.15, 0.2) is 17.2 Å². The summed E-state index contributed by atoms with van der Waals surface area (Å²) in [5, 5.41) is 2.31. The number of unbranched alkanes of at least 4 members (excludes halogenated alkanes) is 2. The Labute approximate surface area is 199 Å². The van der Waals surface area contributed by atoms with Crippen molar-refractivity contribution in [2.75, 3.05) is 36.0 Å². The van der Waals surface area contributed by atoms with Crippen molar-refractivity contribution in [2.24, 2.45) is 0 Å². The fourth-order valence-corrected chi connectivity index (χ4v) is 3.88. The van der Waals surface area contributed by atoms with Crippen LogP contribution in [0.25, 0.3) is 0 Å². The lowest BCUT2D eigenvalue weighted by atomic mass is 10.1. The highest BCUT2D eigenvalue weighted by Crippen LogP contribution is 2.42. The molecule has 1 aliphatic rings. The zero-order valence-electron chi connectivity index (χ0n) is 20.0. The molecule has 0 saturated heterocycles. The Morgan fingerprint density at radius 2 is 1.42 bits per heavy atom. The summed E-state index contributed by atoms with van der Waals surface area (Å²) < 4.78 is 40.3. The SMILES string of the molecule is CCCCN(CCCC)c1cccc2c1[NH2+]c1ccc(N(CC)CC)cc1O2.[O-][Cl+3]([O-])([O-])[O-]. The molecule has 9 heteroatoms. The van der Waals surface area contributed by atoms with Crippen LogP contribution in [0.1, 0.15) is 53.4 Å². The van der Waals surface area contributed by atoms with Gasteiger partial charge in [0, 0.05) is 44.0 Å². The number of nitrogens with zero attached hydrogens (tertiary/aromatic N) is 2. The Hall–Kier alpha value is -2.07. The van der Waals surface area contributed by atoms with E-state index in [4.69, 9.17) is 23.4 Å². The summed E-state index contributed by atoms with van der Waals surface area (Å²) in [6, 6.07) is 13.1. The van der Waals surface area contributed by atoms with Crippen LogP contribution in [0.4, 0.5) is 22.7 Å². The molecule has 184 valence electrons. The van der Waals surface area contributed by atoms with Crippen molar-refractivity contribution in [2.45, 2.75) is 53.4 Å². The molecule has 2 N–H and O–H groups in total. The molecule has 0 aliphatic carbocycles. The lowest BCUT2D eigenvalue weighted by Gasteiger charge is -2.29. The number of para-hydroxylation sites is 1. The smallest absolute Gasteiger partial charge is 0.201 e. The van der Waals surface area contributed by atoms with Gasteiger partial charge in [0.2, 0.25) is 5.69 Å². The second-order valence-electron chi connectivity index (χ2n) is 7.90. The van der Waals surface area contributed by atoms with Crippen molar-refractivity contribution in [3.05, 3.63) is 36.4 Å². The average molecular weight is 482 g/mol. The molecule has 0 spiro atoms. The van der Waals surface area contributed by atoms with Gasteiger partial charge in [-0.25, -0.2) is 18.6 Å². The highest BCUT2D eigenvalue weighted by Gasteiger charge is 2.27. The number of anilines is 2. The summed E-state index contributed by atoms with van der Waals surface area (Å²) in [5.41, 5.74) is 4.92. The first kappa shape index (κ1) is 27.2. The van der Waals surface area contributed by atoms with Gasteiger partial charge in [0.25, 0.3) is 0 Å². The number of fused-ring (bicyclic) bond motifs is 2. The molecule has 0 amide bonds. The lowest BCUT2D eigenvalue weighted by molar-refractivity contribution is -2.00. The van der Waals surface area contributed by atoms with Crippen molar-refractivity contribution in [1.29, 1.82) is 0 Å². The highest BCUT2D eigenvalue weighted by atomic mass is 35.7. The van der Waals surface area contributed by atoms with Crippen LogP contribution < -0.4 is 38.5 Å². The standard InChI is InChI=1S/C24H35N3O.ClHO4/c1-5-9-16-27(17-10-6-2)21-12-11-13-22-24(21)25-20-15-14-19(18-23(20)28-22)26(7-3)8-4;2-1(3,4)5/h11-15,18,25H,5-10,16-17H2,1-4H3;(H,2,3,4,5). The maximum absolute atomic E-state index is 8.49. The zero-order chi connectivity index (χ0) is 24.4. The third-order valence-corrected chi connectivity index (χ3v) is 5.59. The van der Waals surface area contributed by atoms with E-state index in [1.165, 1.54) is 48.4 Å². The van der Waals surface area contributed by atoms with E-state index in [-0.39, 0.29) is 0 Å². The van der Waals surface area contributed by atoms with E-state index < -0.39 is 10.2 Å². The molecule has 1 heterocycles. The van der Waals surface area contributed by atoms with Crippen LogP contribution in [0.3, 0.4) is 0 Å². The largest absolute Gasteiger partial charge is 0.445 e. The number of hydrogen-bond donors (Lipinski definition) is 1.